The SMILES string of the molecule is CNS(=O)(=O)c1cc(C(=O)N(C)Cc2ccc(Br)s2)cc(C)c1C. The van der Waals surface area contributed by atoms with Crippen molar-refractivity contribution < 1.29 is 13.2 Å². The monoisotopic (exact) mass is 430 g/mol. The van der Waals surface area contributed by atoms with E-state index in [0.717, 1.165) is 14.2 Å². The van der Waals surface area contributed by atoms with Gasteiger partial charge in [0.2, 0.25) is 10.0 Å². The van der Waals surface area contributed by atoms with Gasteiger partial charge in [-0.1, -0.05) is 0 Å². The van der Waals surface area contributed by atoms with Crippen LogP contribution in [0.4, 0.5) is 0 Å². The summed E-state index contributed by atoms with van der Waals surface area (Å²) in [4.78, 5) is 15.5. The zero-order valence-electron chi connectivity index (χ0n) is 13.9. The normalized spacial score (nSPS) is 11.5. The van der Waals surface area contributed by atoms with Gasteiger partial charge in [0, 0.05) is 17.5 Å². The molecule has 0 atom stereocenters. The molecule has 2 aromatic rings. The van der Waals surface area contributed by atoms with Crippen molar-refractivity contribution in [2.75, 3.05) is 14.1 Å². The first-order valence-electron chi connectivity index (χ1n) is 7.20. The Labute approximate surface area is 154 Å². The minimum absolute atomic E-state index is 0.139. The van der Waals surface area contributed by atoms with E-state index in [9.17, 15) is 13.2 Å². The molecule has 0 fully saturated rings. The third-order valence-corrected chi connectivity index (χ3v) is 6.94. The van der Waals surface area contributed by atoms with Crippen LogP contribution < -0.4 is 4.72 Å². The van der Waals surface area contributed by atoms with Crippen molar-refractivity contribution in [1.29, 1.82) is 0 Å². The average Bonchev–Trinajstić information content (AvgIpc) is 2.93. The molecule has 130 valence electrons. The molecule has 24 heavy (non-hydrogen) atoms. The fraction of sp³-hybridized carbons (Fsp3) is 0.312. The van der Waals surface area contributed by atoms with Crippen LogP contribution in [0.5, 0.6) is 0 Å². The summed E-state index contributed by atoms with van der Waals surface area (Å²) in [6.07, 6.45) is 0. The summed E-state index contributed by atoms with van der Waals surface area (Å²) < 4.78 is 27.7. The predicted octanol–water partition coefficient (Wildman–Crippen LogP) is 3.31. The molecular weight excluding hydrogens is 412 g/mol. The molecule has 1 amide bonds. The summed E-state index contributed by atoms with van der Waals surface area (Å²) >= 11 is 4.96. The maximum atomic E-state index is 12.7. The predicted molar refractivity (Wildman–Crippen MR) is 100.0 cm³/mol. The van der Waals surface area contributed by atoms with Crippen LogP contribution in [0.3, 0.4) is 0 Å². The molecule has 0 unspecified atom stereocenters. The Hall–Kier alpha value is -1.22. The van der Waals surface area contributed by atoms with Crippen molar-refractivity contribution in [2.24, 2.45) is 0 Å². The topological polar surface area (TPSA) is 66.5 Å². The highest BCUT2D eigenvalue weighted by Crippen LogP contribution is 2.25. The van der Waals surface area contributed by atoms with E-state index in [2.05, 4.69) is 20.7 Å². The maximum Gasteiger partial charge on any atom is 0.253 e. The number of amides is 1. The molecule has 5 nitrogen and oxygen atoms in total. The average molecular weight is 431 g/mol. The Morgan fingerprint density at radius 2 is 1.96 bits per heavy atom. The molecule has 1 N–H and O–H groups in total. The van der Waals surface area contributed by atoms with E-state index in [4.69, 9.17) is 0 Å². The number of sulfonamides is 1. The largest absolute Gasteiger partial charge is 0.337 e. The first-order valence-corrected chi connectivity index (χ1v) is 10.3. The summed E-state index contributed by atoms with van der Waals surface area (Å²) in [7, 11) is -0.547. The van der Waals surface area contributed by atoms with E-state index >= 15 is 0 Å². The quantitative estimate of drug-likeness (QED) is 0.790. The van der Waals surface area contributed by atoms with Crippen LogP contribution in [0.25, 0.3) is 0 Å². The van der Waals surface area contributed by atoms with Crippen molar-refractivity contribution in [1.82, 2.24) is 9.62 Å². The first-order chi connectivity index (χ1) is 11.2. The smallest absolute Gasteiger partial charge is 0.253 e. The number of benzene rings is 1. The molecule has 0 radical (unpaired) electrons. The van der Waals surface area contributed by atoms with Crippen molar-refractivity contribution in [3.63, 3.8) is 0 Å². The molecule has 0 aliphatic heterocycles. The van der Waals surface area contributed by atoms with Crippen LogP contribution >= 0.6 is 27.3 Å². The first kappa shape index (κ1) is 19.1. The summed E-state index contributed by atoms with van der Waals surface area (Å²) in [6, 6.07) is 7.06. The van der Waals surface area contributed by atoms with Gasteiger partial charge in [-0.2, -0.15) is 0 Å². The molecule has 0 saturated carbocycles. The molecular formula is C16H19BrN2O3S2. The number of halogens is 1. The van der Waals surface area contributed by atoms with Crippen molar-refractivity contribution in [3.05, 3.63) is 49.6 Å². The molecule has 0 aliphatic rings. The molecule has 8 heteroatoms. The summed E-state index contributed by atoms with van der Waals surface area (Å²) in [5.41, 5.74) is 1.78. The van der Waals surface area contributed by atoms with Gasteiger partial charge in [0.05, 0.1) is 15.2 Å². The molecule has 0 aliphatic carbocycles. The van der Waals surface area contributed by atoms with Crippen molar-refractivity contribution >= 4 is 43.2 Å². The third-order valence-electron chi connectivity index (χ3n) is 3.79. The summed E-state index contributed by atoms with van der Waals surface area (Å²) in [6.45, 7) is 4.01. The van der Waals surface area contributed by atoms with E-state index in [1.165, 1.54) is 13.1 Å². The lowest BCUT2D eigenvalue weighted by atomic mass is 10.1. The van der Waals surface area contributed by atoms with Gasteiger partial charge >= 0.3 is 0 Å². The van der Waals surface area contributed by atoms with E-state index < -0.39 is 10.0 Å². The Morgan fingerprint density at radius 3 is 2.50 bits per heavy atom. The highest BCUT2D eigenvalue weighted by Gasteiger charge is 2.21. The van der Waals surface area contributed by atoms with E-state index in [1.807, 2.05) is 12.1 Å². The van der Waals surface area contributed by atoms with Crippen molar-refractivity contribution in [2.45, 2.75) is 25.3 Å². The van der Waals surface area contributed by atoms with E-state index in [0.29, 0.717) is 17.7 Å². The van der Waals surface area contributed by atoms with Crippen LogP contribution in [-0.2, 0) is 16.6 Å². The van der Waals surface area contributed by atoms with Gasteiger partial charge in [0.25, 0.3) is 5.91 Å². The van der Waals surface area contributed by atoms with Gasteiger partial charge < -0.3 is 4.90 Å². The van der Waals surface area contributed by atoms with Crippen LogP contribution in [-0.4, -0.2) is 33.3 Å². The second-order valence-electron chi connectivity index (χ2n) is 5.49. The van der Waals surface area contributed by atoms with Gasteiger partial charge in [-0.3, -0.25) is 4.79 Å². The van der Waals surface area contributed by atoms with Crippen molar-refractivity contribution in [3.8, 4) is 0 Å². The van der Waals surface area contributed by atoms with E-state index in [1.54, 1.807) is 43.2 Å². The molecule has 2 rings (SSSR count). The highest BCUT2D eigenvalue weighted by atomic mass is 79.9. The lowest BCUT2D eigenvalue weighted by Gasteiger charge is -2.18. The molecule has 0 spiro atoms. The third kappa shape index (κ3) is 4.05. The number of hydrogen-bond donors (Lipinski definition) is 1. The Bertz CT molecular complexity index is 875. The fourth-order valence-electron chi connectivity index (χ4n) is 2.30. The number of hydrogen-bond acceptors (Lipinski definition) is 4. The van der Waals surface area contributed by atoms with E-state index in [-0.39, 0.29) is 10.8 Å². The van der Waals surface area contributed by atoms with Gasteiger partial charge in [-0.15, -0.1) is 11.3 Å². The minimum atomic E-state index is -3.61. The second kappa shape index (κ2) is 7.35. The Kier molecular flexibility index (Phi) is 5.85. The molecule has 1 heterocycles. The van der Waals surface area contributed by atoms with Gasteiger partial charge in [-0.25, -0.2) is 13.1 Å². The number of thiophene rings is 1. The lowest BCUT2D eigenvalue weighted by molar-refractivity contribution is 0.0786. The second-order valence-corrected chi connectivity index (χ2v) is 9.89. The number of nitrogens with one attached hydrogen (secondary N) is 1. The maximum absolute atomic E-state index is 12.7. The number of rotatable bonds is 5. The minimum Gasteiger partial charge on any atom is -0.337 e. The molecule has 0 bridgehead atoms. The fourth-order valence-corrected chi connectivity index (χ4v) is 4.91. The van der Waals surface area contributed by atoms with Gasteiger partial charge in [0.15, 0.2) is 0 Å². The summed E-state index contributed by atoms with van der Waals surface area (Å²) in [5.74, 6) is -0.213. The molecule has 1 aromatic carbocycles. The number of carbonyl (C=O) groups is 1. The van der Waals surface area contributed by atoms with Crippen LogP contribution in [0.1, 0.15) is 26.4 Å². The lowest BCUT2D eigenvalue weighted by Crippen LogP contribution is -2.27. The number of carbonyl (C=O) groups excluding carboxylic acids is 1. The zero-order chi connectivity index (χ0) is 18.1. The van der Waals surface area contributed by atoms with Gasteiger partial charge in [0.1, 0.15) is 0 Å². The van der Waals surface area contributed by atoms with Crippen LogP contribution in [0, 0.1) is 13.8 Å². The standard InChI is InChI=1S/C16H19BrN2O3S2/c1-10-7-12(8-14(11(10)2)24(21,22)18-3)16(20)19(4)9-13-5-6-15(17)23-13/h5-8,18H,9H2,1-4H3. The van der Waals surface area contributed by atoms with Crippen LogP contribution in [0.2, 0.25) is 0 Å². The zero-order valence-corrected chi connectivity index (χ0v) is 17.1. The van der Waals surface area contributed by atoms with Crippen LogP contribution in [0.15, 0.2) is 32.9 Å². The number of aryl methyl sites for hydroxylation is 1. The van der Waals surface area contributed by atoms with Gasteiger partial charge in [-0.05, 0) is 72.2 Å². The molecule has 1 aromatic heterocycles. The highest BCUT2D eigenvalue weighted by molar-refractivity contribution is 9.11. The Morgan fingerprint density at radius 1 is 1.29 bits per heavy atom. The Balaban J connectivity index is 2.35. The number of nitrogens with zero attached hydrogens (tertiary/aromatic N) is 1. The summed E-state index contributed by atoms with van der Waals surface area (Å²) in [5, 5.41) is 0. The molecule has 0 saturated heterocycles.